The molecule has 1 aliphatic heterocycles. The number of anilines is 1. The third-order valence-electron chi connectivity index (χ3n) is 3.22. The zero-order valence-electron chi connectivity index (χ0n) is 12.1. The van der Waals surface area contributed by atoms with E-state index in [1.54, 1.807) is 17.9 Å². The fraction of sp³-hybridized carbons (Fsp3) is 0.538. The average molecular weight is 313 g/mol. The summed E-state index contributed by atoms with van der Waals surface area (Å²) in [7, 11) is -3.40. The summed E-state index contributed by atoms with van der Waals surface area (Å²) < 4.78 is 28.6. The number of aromatic nitrogens is 1. The highest BCUT2D eigenvalue weighted by Gasteiger charge is 2.24. The first-order valence-corrected chi connectivity index (χ1v) is 8.57. The Hall–Kier alpha value is -1.67. The molecule has 1 saturated heterocycles. The number of carbonyl (C=O) groups is 1. The monoisotopic (exact) mass is 313 g/mol. The van der Waals surface area contributed by atoms with E-state index in [0.717, 1.165) is 6.26 Å². The SMILES string of the molecule is CC(Nc1ncccc1S(C)(=O)=O)C(=O)N1CCOCC1. The summed E-state index contributed by atoms with van der Waals surface area (Å²) in [6.07, 6.45) is 2.60. The maximum atomic E-state index is 12.3. The van der Waals surface area contributed by atoms with E-state index >= 15 is 0 Å². The van der Waals surface area contributed by atoms with Gasteiger partial charge in [0.1, 0.15) is 16.8 Å². The van der Waals surface area contributed by atoms with Gasteiger partial charge in [0.15, 0.2) is 9.84 Å². The van der Waals surface area contributed by atoms with Crippen molar-refractivity contribution in [3.63, 3.8) is 0 Å². The molecule has 1 aromatic heterocycles. The van der Waals surface area contributed by atoms with Crippen LogP contribution < -0.4 is 5.32 Å². The molecule has 1 fully saturated rings. The topological polar surface area (TPSA) is 88.6 Å². The van der Waals surface area contributed by atoms with Gasteiger partial charge in [-0.15, -0.1) is 0 Å². The van der Waals surface area contributed by atoms with Crippen molar-refractivity contribution in [1.82, 2.24) is 9.88 Å². The van der Waals surface area contributed by atoms with Crippen molar-refractivity contribution in [3.8, 4) is 0 Å². The summed E-state index contributed by atoms with van der Waals surface area (Å²) in [5, 5.41) is 2.89. The Bertz CT molecular complexity index is 612. The normalized spacial score (nSPS) is 17.3. The van der Waals surface area contributed by atoms with Crippen LogP contribution in [0.15, 0.2) is 23.2 Å². The molecule has 0 aromatic carbocycles. The number of carbonyl (C=O) groups excluding carboxylic acids is 1. The maximum Gasteiger partial charge on any atom is 0.244 e. The van der Waals surface area contributed by atoms with E-state index in [1.165, 1.54) is 12.3 Å². The Morgan fingerprint density at radius 3 is 2.71 bits per heavy atom. The van der Waals surface area contributed by atoms with E-state index in [1.807, 2.05) is 0 Å². The van der Waals surface area contributed by atoms with Gasteiger partial charge >= 0.3 is 0 Å². The molecule has 0 spiro atoms. The second kappa shape index (κ2) is 6.40. The smallest absolute Gasteiger partial charge is 0.244 e. The minimum absolute atomic E-state index is 0.0895. The lowest BCUT2D eigenvalue weighted by molar-refractivity contribution is -0.135. The summed E-state index contributed by atoms with van der Waals surface area (Å²) >= 11 is 0. The zero-order valence-corrected chi connectivity index (χ0v) is 12.9. The molecule has 0 saturated carbocycles. The van der Waals surface area contributed by atoms with Crippen molar-refractivity contribution in [3.05, 3.63) is 18.3 Å². The number of amides is 1. The number of nitrogens with zero attached hydrogens (tertiary/aromatic N) is 2. The largest absolute Gasteiger partial charge is 0.378 e. The number of morpholine rings is 1. The third kappa shape index (κ3) is 3.92. The molecule has 116 valence electrons. The lowest BCUT2D eigenvalue weighted by Crippen LogP contribution is -2.47. The summed E-state index contributed by atoms with van der Waals surface area (Å²) in [4.78, 5) is 18.1. The Labute approximate surface area is 124 Å². The van der Waals surface area contributed by atoms with Gasteiger partial charge in [0.25, 0.3) is 0 Å². The Kier molecular flexibility index (Phi) is 4.79. The summed E-state index contributed by atoms with van der Waals surface area (Å²) in [6.45, 7) is 3.84. The molecular weight excluding hydrogens is 294 g/mol. The van der Waals surface area contributed by atoms with E-state index in [0.29, 0.717) is 26.3 Å². The molecule has 0 radical (unpaired) electrons. The third-order valence-corrected chi connectivity index (χ3v) is 4.34. The van der Waals surface area contributed by atoms with E-state index < -0.39 is 15.9 Å². The predicted molar refractivity (Wildman–Crippen MR) is 77.8 cm³/mol. The Morgan fingerprint density at radius 2 is 2.10 bits per heavy atom. The molecule has 1 N–H and O–H groups in total. The summed E-state index contributed by atoms with van der Waals surface area (Å²) in [6, 6.07) is 2.46. The fourth-order valence-corrected chi connectivity index (χ4v) is 2.91. The van der Waals surface area contributed by atoms with Crippen LogP contribution in [0.3, 0.4) is 0 Å². The lowest BCUT2D eigenvalue weighted by atomic mass is 10.2. The van der Waals surface area contributed by atoms with Gasteiger partial charge in [0.05, 0.1) is 13.2 Å². The van der Waals surface area contributed by atoms with Crippen LogP contribution in [-0.2, 0) is 19.4 Å². The van der Waals surface area contributed by atoms with Crippen LogP contribution in [0.25, 0.3) is 0 Å². The minimum atomic E-state index is -3.40. The minimum Gasteiger partial charge on any atom is -0.378 e. The van der Waals surface area contributed by atoms with Gasteiger partial charge in [-0.3, -0.25) is 4.79 Å². The first kappa shape index (κ1) is 15.7. The van der Waals surface area contributed by atoms with Gasteiger partial charge < -0.3 is 15.0 Å². The molecule has 1 atom stereocenters. The van der Waals surface area contributed by atoms with Gasteiger partial charge in [0.2, 0.25) is 5.91 Å². The van der Waals surface area contributed by atoms with Crippen LogP contribution in [-0.4, -0.2) is 62.8 Å². The second-order valence-corrected chi connectivity index (χ2v) is 6.91. The highest BCUT2D eigenvalue weighted by molar-refractivity contribution is 7.90. The van der Waals surface area contributed by atoms with Crippen LogP contribution in [0.2, 0.25) is 0 Å². The number of hydrogen-bond acceptors (Lipinski definition) is 6. The molecule has 2 heterocycles. The van der Waals surface area contributed by atoms with Crippen LogP contribution >= 0.6 is 0 Å². The molecule has 8 heteroatoms. The second-order valence-electron chi connectivity index (χ2n) is 4.93. The zero-order chi connectivity index (χ0) is 15.5. The number of rotatable bonds is 4. The van der Waals surface area contributed by atoms with Gasteiger partial charge in [-0.1, -0.05) is 0 Å². The van der Waals surface area contributed by atoms with Crippen LogP contribution in [0, 0.1) is 0 Å². The van der Waals surface area contributed by atoms with Crippen LogP contribution in [0.1, 0.15) is 6.92 Å². The highest BCUT2D eigenvalue weighted by atomic mass is 32.2. The van der Waals surface area contributed by atoms with Gasteiger partial charge in [-0.05, 0) is 19.1 Å². The molecule has 1 amide bonds. The van der Waals surface area contributed by atoms with E-state index in [9.17, 15) is 13.2 Å². The average Bonchev–Trinajstić information content (AvgIpc) is 2.47. The van der Waals surface area contributed by atoms with Crippen molar-refractivity contribution < 1.29 is 17.9 Å². The standard InChI is InChI=1S/C13H19N3O4S/c1-10(13(17)16-6-8-20-9-7-16)15-12-11(21(2,18)19)4-3-5-14-12/h3-5,10H,6-9H2,1-2H3,(H,14,15). The summed E-state index contributed by atoms with van der Waals surface area (Å²) in [5.41, 5.74) is 0. The van der Waals surface area contributed by atoms with E-state index in [4.69, 9.17) is 4.74 Å². The van der Waals surface area contributed by atoms with Crippen molar-refractivity contribution >= 4 is 21.6 Å². The van der Waals surface area contributed by atoms with Crippen LogP contribution in [0.5, 0.6) is 0 Å². The number of pyridine rings is 1. The Morgan fingerprint density at radius 1 is 1.43 bits per heavy atom. The van der Waals surface area contributed by atoms with E-state index in [-0.39, 0.29) is 16.6 Å². The summed E-state index contributed by atoms with van der Waals surface area (Å²) in [5.74, 6) is 0.109. The lowest BCUT2D eigenvalue weighted by Gasteiger charge is -2.29. The first-order chi connectivity index (χ1) is 9.89. The molecule has 0 aliphatic carbocycles. The molecular formula is C13H19N3O4S. The molecule has 1 aliphatic rings. The Balaban J connectivity index is 2.12. The highest BCUT2D eigenvalue weighted by Crippen LogP contribution is 2.19. The number of nitrogens with one attached hydrogen (secondary N) is 1. The van der Waals surface area contributed by atoms with Crippen molar-refractivity contribution in [2.45, 2.75) is 17.9 Å². The van der Waals surface area contributed by atoms with E-state index in [2.05, 4.69) is 10.3 Å². The molecule has 1 unspecified atom stereocenters. The molecule has 2 rings (SSSR count). The molecule has 21 heavy (non-hydrogen) atoms. The first-order valence-electron chi connectivity index (χ1n) is 6.68. The quantitative estimate of drug-likeness (QED) is 0.851. The number of hydrogen-bond donors (Lipinski definition) is 1. The molecule has 7 nitrogen and oxygen atoms in total. The fourth-order valence-electron chi connectivity index (χ4n) is 2.12. The van der Waals surface area contributed by atoms with Crippen molar-refractivity contribution in [2.24, 2.45) is 0 Å². The number of sulfone groups is 1. The molecule has 0 bridgehead atoms. The van der Waals surface area contributed by atoms with Crippen molar-refractivity contribution in [2.75, 3.05) is 37.9 Å². The predicted octanol–water partition coefficient (Wildman–Crippen LogP) is 0.144. The van der Waals surface area contributed by atoms with Gasteiger partial charge in [0, 0.05) is 25.5 Å². The maximum absolute atomic E-state index is 12.3. The van der Waals surface area contributed by atoms with Gasteiger partial charge in [-0.25, -0.2) is 13.4 Å². The van der Waals surface area contributed by atoms with Gasteiger partial charge in [-0.2, -0.15) is 0 Å². The number of ether oxygens (including phenoxy) is 1. The molecule has 1 aromatic rings. The van der Waals surface area contributed by atoms with Crippen molar-refractivity contribution in [1.29, 1.82) is 0 Å². The van der Waals surface area contributed by atoms with Crippen LogP contribution in [0.4, 0.5) is 5.82 Å².